The third kappa shape index (κ3) is 3.83. The van der Waals surface area contributed by atoms with Gasteiger partial charge in [-0.05, 0) is 12.1 Å². The van der Waals surface area contributed by atoms with Crippen molar-refractivity contribution in [3.05, 3.63) is 42.6 Å². The second kappa shape index (κ2) is 8.63. The predicted octanol–water partition coefficient (Wildman–Crippen LogP) is -0.620. The van der Waals surface area contributed by atoms with E-state index in [1.807, 2.05) is 30.5 Å². The largest absolute Gasteiger partial charge is 0.412 e. The van der Waals surface area contributed by atoms with Crippen LogP contribution in [0.1, 0.15) is 0 Å². The smallest absolute Gasteiger partial charge is 0.0701 e. The van der Waals surface area contributed by atoms with Gasteiger partial charge in [0, 0.05) is 28.9 Å². The molecule has 0 atom stereocenters. The van der Waals surface area contributed by atoms with Crippen LogP contribution in [-0.4, -0.2) is 38.8 Å². The van der Waals surface area contributed by atoms with Gasteiger partial charge in [-0.2, -0.15) is 0 Å². The molecule has 1 aromatic heterocycles. The number of fused-ring (bicyclic) bond motifs is 1. The van der Waals surface area contributed by atoms with Crippen molar-refractivity contribution < 1.29 is 16.4 Å². The average molecular weight is 210 g/mol. The van der Waals surface area contributed by atoms with Crippen LogP contribution in [0.5, 0.6) is 0 Å². The third-order valence-corrected chi connectivity index (χ3v) is 1.51. The van der Waals surface area contributed by atoms with Crippen LogP contribution in [0.4, 0.5) is 0 Å². The number of aromatic nitrogens is 1. The van der Waals surface area contributed by atoms with Gasteiger partial charge in [0.05, 0.1) is 5.52 Å². The molecule has 14 heavy (non-hydrogen) atoms. The van der Waals surface area contributed by atoms with Gasteiger partial charge in [-0.1, -0.05) is 24.3 Å². The molecule has 0 fully saturated rings. The lowest BCUT2D eigenvalue weighted by Gasteiger charge is -1.91. The van der Waals surface area contributed by atoms with Gasteiger partial charge < -0.3 is 16.4 Å². The van der Waals surface area contributed by atoms with E-state index >= 15 is 0 Å². The number of benzene rings is 1. The summed E-state index contributed by atoms with van der Waals surface area (Å²) in [4.78, 5) is 4.18. The molecule has 0 aliphatic rings. The van der Waals surface area contributed by atoms with Gasteiger partial charge in [-0.15, -0.1) is 0 Å². The van der Waals surface area contributed by atoms with Crippen molar-refractivity contribution >= 4 is 28.3 Å². The van der Waals surface area contributed by atoms with Gasteiger partial charge in [-0.3, -0.25) is 4.98 Å². The van der Waals surface area contributed by atoms with E-state index in [9.17, 15) is 0 Å². The van der Waals surface area contributed by atoms with Gasteiger partial charge >= 0.3 is 0 Å². The van der Waals surface area contributed by atoms with Crippen LogP contribution in [0, 0.1) is 0 Å². The van der Waals surface area contributed by atoms with Crippen molar-refractivity contribution in [1.82, 2.24) is 4.98 Å². The number of para-hydroxylation sites is 1. The molecule has 0 saturated carbocycles. The minimum atomic E-state index is 0. The number of nitrogens with zero attached hydrogens (tertiary/aromatic N) is 1. The summed E-state index contributed by atoms with van der Waals surface area (Å²) in [6.07, 6.45) is 1.81. The summed E-state index contributed by atoms with van der Waals surface area (Å²) in [7, 11) is 0. The van der Waals surface area contributed by atoms with Crippen LogP contribution in [0.2, 0.25) is 0 Å². The SMILES string of the molecule is O.O.O.[Al].c1ccc2ncccc2c1. The average Bonchev–Trinajstić information content (AvgIpc) is 2.05. The van der Waals surface area contributed by atoms with Crippen molar-refractivity contribution in [1.29, 1.82) is 0 Å². The maximum absolute atomic E-state index is 4.18. The summed E-state index contributed by atoms with van der Waals surface area (Å²) in [5, 5.41) is 1.20. The highest BCUT2D eigenvalue weighted by atomic mass is 27.0. The fourth-order valence-electron chi connectivity index (χ4n) is 1.02. The molecule has 0 spiro atoms. The van der Waals surface area contributed by atoms with Crippen molar-refractivity contribution in [2.45, 2.75) is 0 Å². The summed E-state index contributed by atoms with van der Waals surface area (Å²) < 4.78 is 0. The molecule has 2 aromatic rings. The maximum Gasteiger partial charge on any atom is 0.0701 e. The Morgan fingerprint density at radius 1 is 0.786 bits per heavy atom. The lowest BCUT2D eigenvalue weighted by Crippen LogP contribution is -1.73. The van der Waals surface area contributed by atoms with Crippen molar-refractivity contribution in [2.75, 3.05) is 0 Å². The Balaban J connectivity index is -0.000000302. The summed E-state index contributed by atoms with van der Waals surface area (Å²) in [6, 6.07) is 12.1. The normalized spacial score (nSPS) is 7.14. The molecule has 75 valence electrons. The van der Waals surface area contributed by atoms with Gasteiger partial charge in [0.1, 0.15) is 0 Å². The Hall–Kier alpha value is -0.958. The van der Waals surface area contributed by atoms with Crippen LogP contribution in [-0.2, 0) is 0 Å². The highest BCUT2D eigenvalue weighted by Crippen LogP contribution is 2.07. The number of pyridine rings is 1. The second-order valence-corrected chi connectivity index (χ2v) is 2.20. The first-order chi connectivity index (χ1) is 4.97. The zero-order chi connectivity index (χ0) is 6.81. The Bertz CT molecular complexity index is 291. The molecule has 1 aromatic carbocycles. The first kappa shape index (κ1) is 18.8. The zero-order valence-electron chi connectivity index (χ0n) is 7.57. The molecule has 0 bridgehead atoms. The monoisotopic (exact) mass is 210 g/mol. The highest BCUT2D eigenvalue weighted by molar-refractivity contribution is 5.77. The molecule has 0 aliphatic carbocycles. The van der Waals surface area contributed by atoms with E-state index < -0.39 is 0 Å². The summed E-state index contributed by atoms with van der Waals surface area (Å²) in [6.45, 7) is 0. The van der Waals surface area contributed by atoms with E-state index in [-0.39, 0.29) is 33.8 Å². The lowest BCUT2D eigenvalue weighted by molar-refractivity contribution is 0.823. The van der Waals surface area contributed by atoms with Gasteiger partial charge in [0.2, 0.25) is 0 Å². The number of hydrogen-bond donors (Lipinski definition) is 0. The van der Waals surface area contributed by atoms with Crippen LogP contribution in [0.15, 0.2) is 42.6 Å². The van der Waals surface area contributed by atoms with Crippen molar-refractivity contribution in [3.8, 4) is 0 Å². The summed E-state index contributed by atoms with van der Waals surface area (Å²) >= 11 is 0. The first-order valence-corrected chi connectivity index (χ1v) is 3.26. The van der Waals surface area contributed by atoms with E-state index in [1.165, 1.54) is 5.39 Å². The summed E-state index contributed by atoms with van der Waals surface area (Å²) in [5.41, 5.74) is 1.06. The summed E-state index contributed by atoms with van der Waals surface area (Å²) in [5.74, 6) is 0. The van der Waals surface area contributed by atoms with E-state index in [2.05, 4.69) is 17.1 Å². The Kier molecular flexibility index (Phi) is 11.6. The van der Waals surface area contributed by atoms with E-state index in [1.54, 1.807) is 0 Å². The molecular formula is C9H13AlNO3. The van der Waals surface area contributed by atoms with Gasteiger partial charge in [-0.25, -0.2) is 0 Å². The Labute approximate surface area is 92.6 Å². The minimum absolute atomic E-state index is 0. The van der Waals surface area contributed by atoms with E-state index in [0.29, 0.717) is 0 Å². The predicted molar refractivity (Wildman–Crippen MR) is 58.3 cm³/mol. The molecular weight excluding hydrogens is 197 g/mol. The molecule has 0 amide bonds. The Morgan fingerprint density at radius 3 is 2.00 bits per heavy atom. The van der Waals surface area contributed by atoms with Gasteiger partial charge in [0.15, 0.2) is 0 Å². The lowest BCUT2D eigenvalue weighted by atomic mass is 10.2. The van der Waals surface area contributed by atoms with Crippen LogP contribution in [0.3, 0.4) is 0 Å². The maximum atomic E-state index is 4.18. The van der Waals surface area contributed by atoms with Crippen molar-refractivity contribution in [2.24, 2.45) is 0 Å². The van der Waals surface area contributed by atoms with E-state index in [4.69, 9.17) is 0 Å². The zero-order valence-corrected chi connectivity index (χ0v) is 8.72. The topological polar surface area (TPSA) is 107 Å². The molecule has 5 heteroatoms. The minimum Gasteiger partial charge on any atom is -0.412 e. The fourth-order valence-corrected chi connectivity index (χ4v) is 1.02. The van der Waals surface area contributed by atoms with Crippen LogP contribution >= 0.6 is 0 Å². The molecule has 1 heterocycles. The van der Waals surface area contributed by atoms with E-state index in [0.717, 1.165) is 5.52 Å². The van der Waals surface area contributed by atoms with Crippen LogP contribution in [0.25, 0.3) is 10.9 Å². The van der Waals surface area contributed by atoms with Crippen molar-refractivity contribution in [3.63, 3.8) is 0 Å². The quantitative estimate of drug-likeness (QED) is 0.530. The van der Waals surface area contributed by atoms with Crippen LogP contribution < -0.4 is 0 Å². The highest BCUT2D eigenvalue weighted by Gasteiger charge is 1.86. The standard InChI is InChI=1S/C9H7N.Al.3H2O/c1-2-6-9-8(4-1)5-3-7-10-9;;;;/h1-7H;;3*1H2. The molecule has 2 rings (SSSR count). The molecule has 6 N–H and O–H groups in total. The molecule has 0 aliphatic heterocycles. The third-order valence-electron chi connectivity index (χ3n) is 1.51. The number of hydrogen-bond acceptors (Lipinski definition) is 1. The Morgan fingerprint density at radius 2 is 1.36 bits per heavy atom. The molecule has 4 nitrogen and oxygen atoms in total. The molecule has 0 saturated heterocycles. The molecule has 3 radical (unpaired) electrons. The number of rotatable bonds is 0. The fraction of sp³-hybridized carbons (Fsp3) is 0. The molecule has 0 unspecified atom stereocenters. The van der Waals surface area contributed by atoms with Gasteiger partial charge in [0.25, 0.3) is 0 Å². The second-order valence-electron chi connectivity index (χ2n) is 2.20. The first-order valence-electron chi connectivity index (χ1n) is 3.26.